The van der Waals surface area contributed by atoms with Crippen molar-refractivity contribution in [2.75, 3.05) is 0 Å². The molecule has 3 aromatic carbocycles. The Labute approximate surface area is 241 Å². The van der Waals surface area contributed by atoms with E-state index >= 15 is 0 Å². The van der Waals surface area contributed by atoms with E-state index in [4.69, 9.17) is 0 Å². The van der Waals surface area contributed by atoms with Crippen molar-refractivity contribution in [1.82, 2.24) is 14.0 Å². The van der Waals surface area contributed by atoms with Gasteiger partial charge in [0, 0.05) is 58.4 Å². The first-order chi connectivity index (χ1) is 20.1. The predicted octanol–water partition coefficient (Wildman–Crippen LogP) is 8.07. The minimum Gasteiger partial charge on any atom is -0.347 e. The number of amides is 2. The molecular formula is C36H37N3O2. The SMILES string of the molecule is CCCCCCn1cc(C2=C(c3cn(CCC)c4ccccc34)C(=O)N(Cc3ccccc3)C2=O)c2ccccc21. The molecule has 0 saturated carbocycles. The number of aryl methyl sites for hydroxylation is 2. The smallest absolute Gasteiger partial charge is 0.262 e. The van der Waals surface area contributed by atoms with Crippen LogP contribution in [0, 0.1) is 0 Å². The average Bonchev–Trinajstić information content (AvgIpc) is 3.62. The molecule has 0 atom stereocenters. The fraction of sp³-hybridized carbons (Fsp3) is 0.278. The lowest BCUT2D eigenvalue weighted by Crippen LogP contribution is -2.30. The van der Waals surface area contributed by atoms with Crippen molar-refractivity contribution >= 4 is 44.8 Å². The van der Waals surface area contributed by atoms with Crippen LogP contribution in [-0.4, -0.2) is 25.8 Å². The normalized spacial score (nSPS) is 13.9. The number of carbonyl (C=O) groups is 2. The van der Waals surface area contributed by atoms with Crippen molar-refractivity contribution in [2.45, 2.75) is 65.6 Å². The highest BCUT2D eigenvalue weighted by atomic mass is 16.2. The quantitative estimate of drug-likeness (QED) is 0.125. The van der Waals surface area contributed by atoms with Gasteiger partial charge in [0.25, 0.3) is 11.8 Å². The third-order valence-electron chi connectivity index (χ3n) is 8.18. The Hall–Kier alpha value is -4.38. The number of unbranched alkanes of at least 4 members (excludes halogenated alkanes) is 3. The lowest BCUT2D eigenvalue weighted by Gasteiger charge is -2.15. The van der Waals surface area contributed by atoms with Gasteiger partial charge < -0.3 is 9.13 Å². The van der Waals surface area contributed by atoms with Gasteiger partial charge in [-0.25, -0.2) is 0 Å². The highest BCUT2D eigenvalue weighted by molar-refractivity contribution is 6.50. The first kappa shape index (κ1) is 26.8. The molecule has 5 heteroatoms. The van der Waals surface area contributed by atoms with Gasteiger partial charge in [0.1, 0.15) is 0 Å². The van der Waals surface area contributed by atoms with Crippen LogP contribution < -0.4 is 0 Å². The van der Waals surface area contributed by atoms with Crippen LogP contribution in [0.25, 0.3) is 33.0 Å². The number of hydrogen-bond acceptors (Lipinski definition) is 2. The predicted molar refractivity (Wildman–Crippen MR) is 167 cm³/mol. The van der Waals surface area contributed by atoms with Gasteiger partial charge in [-0.15, -0.1) is 0 Å². The van der Waals surface area contributed by atoms with Crippen molar-refractivity contribution in [3.05, 3.63) is 108 Å². The van der Waals surface area contributed by atoms with E-state index in [1.54, 1.807) is 0 Å². The van der Waals surface area contributed by atoms with Crippen LogP contribution in [0.15, 0.2) is 91.3 Å². The van der Waals surface area contributed by atoms with Gasteiger partial charge >= 0.3 is 0 Å². The zero-order valence-corrected chi connectivity index (χ0v) is 24.0. The largest absolute Gasteiger partial charge is 0.347 e. The molecular weight excluding hydrogens is 506 g/mol. The number of benzene rings is 3. The Kier molecular flexibility index (Phi) is 7.60. The number of nitrogens with zero attached hydrogens (tertiary/aromatic N) is 3. The Morgan fingerprint density at radius 1 is 0.561 bits per heavy atom. The minimum absolute atomic E-state index is 0.227. The van der Waals surface area contributed by atoms with Crippen LogP contribution in [0.4, 0.5) is 0 Å². The lowest BCUT2D eigenvalue weighted by atomic mass is 9.95. The molecule has 3 heterocycles. The summed E-state index contributed by atoms with van der Waals surface area (Å²) in [5.74, 6) is -0.455. The molecule has 2 amide bonds. The van der Waals surface area contributed by atoms with E-state index < -0.39 is 0 Å². The van der Waals surface area contributed by atoms with Gasteiger partial charge in [0.2, 0.25) is 0 Å². The summed E-state index contributed by atoms with van der Waals surface area (Å²) in [6, 6.07) is 26.2. The van der Waals surface area contributed by atoms with E-state index in [-0.39, 0.29) is 18.4 Å². The van der Waals surface area contributed by atoms with Gasteiger partial charge in [-0.1, -0.05) is 99.8 Å². The Morgan fingerprint density at radius 2 is 1.10 bits per heavy atom. The van der Waals surface area contributed by atoms with Crippen LogP contribution in [0.5, 0.6) is 0 Å². The van der Waals surface area contributed by atoms with Crippen molar-refractivity contribution in [2.24, 2.45) is 0 Å². The van der Waals surface area contributed by atoms with Crippen molar-refractivity contribution in [3.63, 3.8) is 0 Å². The molecule has 0 bridgehead atoms. The van der Waals surface area contributed by atoms with E-state index in [0.717, 1.165) is 64.4 Å². The maximum atomic E-state index is 14.4. The summed E-state index contributed by atoms with van der Waals surface area (Å²) in [4.78, 5) is 30.1. The molecule has 1 aliphatic rings. The topological polar surface area (TPSA) is 47.2 Å². The van der Waals surface area contributed by atoms with Gasteiger partial charge in [0.05, 0.1) is 17.7 Å². The monoisotopic (exact) mass is 543 g/mol. The van der Waals surface area contributed by atoms with Crippen LogP contribution in [0.2, 0.25) is 0 Å². The summed E-state index contributed by atoms with van der Waals surface area (Å²) in [6.07, 6.45) is 9.81. The van der Waals surface area contributed by atoms with Gasteiger partial charge in [0.15, 0.2) is 0 Å². The lowest BCUT2D eigenvalue weighted by molar-refractivity contribution is -0.136. The van der Waals surface area contributed by atoms with Crippen LogP contribution in [-0.2, 0) is 29.2 Å². The van der Waals surface area contributed by atoms with E-state index in [1.807, 2.05) is 54.6 Å². The molecule has 1 aliphatic heterocycles. The summed E-state index contributed by atoms with van der Waals surface area (Å²) in [5.41, 5.74) is 5.80. The molecule has 0 unspecified atom stereocenters. The first-order valence-electron chi connectivity index (χ1n) is 14.9. The molecule has 208 valence electrons. The van der Waals surface area contributed by atoms with Crippen molar-refractivity contribution in [3.8, 4) is 0 Å². The third-order valence-corrected chi connectivity index (χ3v) is 8.18. The summed E-state index contributed by atoms with van der Waals surface area (Å²) in [6.45, 7) is 6.35. The van der Waals surface area contributed by atoms with E-state index in [9.17, 15) is 9.59 Å². The molecule has 2 aromatic heterocycles. The Morgan fingerprint density at radius 3 is 1.66 bits per heavy atom. The number of imide groups is 1. The number of para-hydroxylation sites is 2. The number of hydrogen-bond donors (Lipinski definition) is 0. The van der Waals surface area contributed by atoms with Crippen LogP contribution in [0.3, 0.4) is 0 Å². The average molecular weight is 544 g/mol. The zero-order chi connectivity index (χ0) is 28.3. The molecule has 41 heavy (non-hydrogen) atoms. The fourth-order valence-corrected chi connectivity index (χ4v) is 6.20. The Bertz CT molecular complexity index is 1760. The second-order valence-electron chi connectivity index (χ2n) is 11.0. The maximum Gasteiger partial charge on any atom is 0.262 e. The highest BCUT2D eigenvalue weighted by Gasteiger charge is 2.41. The summed E-state index contributed by atoms with van der Waals surface area (Å²) >= 11 is 0. The van der Waals surface area contributed by atoms with E-state index in [0.29, 0.717) is 11.1 Å². The number of carbonyl (C=O) groups excluding carboxylic acids is 2. The van der Waals surface area contributed by atoms with Gasteiger partial charge in [-0.3, -0.25) is 14.5 Å². The molecule has 0 spiro atoms. The molecule has 6 rings (SSSR count). The van der Waals surface area contributed by atoms with Gasteiger partial charge in [-0.05, 0) is 30.5 Å². The molecule has 0 aliphatic carbocycles. The minimum atomic E-state index is -0.229. The van der Waals surface area contributed by atoms with E-state index in [1.165, 1.54) is 24.2 Å². The van der Waals surface area contributed by atoms with Crippen molar-refractivity contribution in [1.29, 1.82) is 0 Å². The molecule has 0 saturated heterocycles. The fourth-order valence-electron chi connectivity index (χ4n) is 6.20. The van der Waals surface area contributed by atoms with Crippen molar-refractivity contribution < 1.29 is 9.59 Å². The number of rotatable bonds is 11. The second-order valence-corrected chi connectivity index (χ2v) is 11.0. The second kappa shape index (κ2) is 11.6. The van der Waals surface area contributed by atoms with Crippen LogP contribution in [0.1, 0.15) is 62.6 Å². The standard InChI is InChI=1S/C36H37N3O2/c1-3-5-6-14-22-38-25-30(28-18-11-13-20-32(28)38)34-33(29-24-37(21-4-2)31-19-12-10-17-27(29)31)35(40)39(36(34)41)23-26-15-8-7-9-16-26/h7-13,15-20,24-25H,3-6,14,21-23H2,1-2H3. The zero-order valence-electron chi connectivity index (χ0n) is 24.0. The molecule has 0 N–H and O–H groups in total. The summed E-state index contributed by atoms with van der Waals surface area (Å²) in [5, 5.41) is 2.01. The number of aromatic nitrogens is 2. The Balaban J connectivity index is 1.55. The third kappa shape index (κ3) is 4.90. The van der Waals surface area contributed by atoms with Crippen LogP contribution >= 0.6 is 0 Å². The first-order valence-corrected chi connectivity index (χ1v) is 14.9. The molecule has 5 aromatic rings. The number of fused-ring (bicyclic) bond motifs is 2. The molecule has 0 radical (unpaired) electrons. The summed E-state index contributed by atoms with van der Waals surface area (Å²) in [7, 11) is 0. The molecule has 5 nitrogen and oxygen atoms in total. The van der Waals surface area contributed by atoms with Gasteiger partial charge in [-0.2, -0.15) is 0 Å². The van der Waals surface area contributed by atoms with E-state index in [2.05, 4.69) is 59.6 Å². The maximum absolute atomic E-state index is 14.4. The summed E-state index contributed by atoms with van der Waals surface area (Å²) < 4.78 is 4.48. The highest BCUT2D eigenvalue weighted by Crippen LogP contribution is 2.42. The molecule has 0 fully saturated rings.